The summed E-state index contributed by atoms with van der Waals surface area (Å²) in [5.74, 6) is 0. The molecule has 1 aliphatic heterocycles. The summed E-state index contributed by atoms with van der Waals surface area (Å²) in [7, 11) is 2.10. The summed E-state index contributed by atoms with van der Waals surface area (Å²) in [6, 6.07) is 6.62. The fraction of sp³-hybridized carbons (Fsp3) is 0.583. The van der Waals surface area contributed by atoms with Crippen molar-refractivity contribution in [2.45, 2.75) is 18.5 Å². The van der Waals surface area contributed by atoms with Gasteiger partial charge in [0.05, 0.1) is 18.3 Å². The molecule has 1 aliphatic rings. The lowest BCUT2D eigenvalue weighted by Crippen LogP contribution is -2.39. The molecule has 2 rings (SSSR count). The van der Waals surface area contributed by atoms with Crippen LogP contribution in [0.4, 0.5) is 0 Å². The van der Waals surface area contributed by atoms with Crippen LogP contribution in [0.2, 0.25) is 0 Å². The monoisotopic (exact) mass is 221 g/mol. The Balaban J connectivity index is 2.09. The minimum Gasteiger partial charge on any atom is -0.380 e. The molecule has 2 unspecified atom stereocenters. The highest BCUT2D eigenvalue weighted by Crippen LogP contribution is 2.22. The van der Waals surface area contributed by atoms with Crippen molar-refractivity contribution in [3.05, 3.63) is 30.1 Å². The maximum Gasteiger partial charge on any atom is 0.0645 e. The second-order valence-corrected chi connectivity index (χ2v) is 4.19. The first-order chi connectivity index (χ1) is 7.83. The van der Waals surface area contributed by atoms with Gasteiger partial charge in [-0.05, 0) is 25.6 Å². The third kappa shape index (κ3) is 2.40. The van der Waals surface area contributed by atoms with Crippen LogP contribution in [0.15, 0.2) is 24.4 Å². The summed E-state index contributed by atoms with van der Waals surface area (Å²) in [6.45, 7) is 2.25. The third-order valence-corrected chi connectivity index (χ3v) is 3.23. The highest BCUT2D eigenvalue weighted by Gasteiger charge is 2.26. The Bertz CT molecular complexity index is 311. The molecule has 0 saturated carbocycles. The molecule has 88 valence electrons. The normalized spacial score (nSPS) is 22.6. The number of likely N-dealkylation sites (N-methyl/N-ethyl adjacent to an activating group) is 1. The fourth-order valence-corrected chi connectivity index (χ4v) is 2.17. The maximum absolute atomic E-state index is 5.85. The number of aromatic nitrogens is 1. The van der Waals surface area contributed by atoms with E-state index in [0.29, 0.717) is 12.6 Å². The molecule has 2 heterocycles. The van der Waals surface area contributed by atoms with Crippen molar-refractivity contribution in [3.63, 3.8) is 0 Å². The third-order valence-electron chi connectivity index (χ3n) is 3.23. The Morgan fingerprint density at radius 1 is 1.62 bits per heavy atom. The minimum absolute atomic E-state index is 0.188. The van der Waals surface area contributed by atoms with Crippen molar-refractivity contribution in [2.24, 2.45) is 5.73 Å². The zero-order chi connectivity index (χ0) is 11.4. The molecular weight excluding hydrogens is 202 g/mol. The van der Waals surface area contributed by atoms with Crippen LogP contribution in [0.3, 0.4) is 0 Å². The molecule has 1 fully saturated rings. The summed E-state index contributed by atoms with van der Waals surface area (Å²) in [5, 5.41) is 0. The van der Waals surface area contributed by atoms with Crippen LogP contribution in [0, 0.1) is 0 Å². The Hall–Kier alpha value is -0.970. The topological polar surface area (TPSA) is 51.4 Å². The lowest BCUT2D eigenvalue weighted by Gasteiger charge is -2.30. The van der Waals surface area contributed by atoms with E-state index in [0.717, 1.165) is 25.3 Å². The van der Waals surface area contributed by atoms with Crippen LogP contribution in [0.5, 0.6) is 0 Å². The summed E-state index contributed by atoms with van der Waals surface area (Å²) < 4.78 is 5.41. The molecule has 0 aliphatic carbocycles. The number of rotatable bonds is 4. The van der Waals surface area contributed by atoms with Crippen molar-refractivity contribution >= 4 is 0 Å². The molecule has 0 bridgehead atoms. The molecule has 1 saturated heterocycles. The number of hydrogen-bond donors (Lipinski definition) is 1. The fourth-order valence-electron chi connectivity index (χ4n) is 2.17. The standard InChI is InChI=1S/C12H19N3O/c1-15(10-5-7-16-9-10)12(8-13)11-4-2-3-6-14-11/h2-4,6,10,12H,5,7-9,13H2,1H3. The predicted molar refractivity (Wildman–Crippen MR) is 63.0 cm³/mol. The number of pyridine rings is 1. The minimum atomic E-state index is 0.188. The molecule has 4 nitrogen and oxygen atoms in total. The maximum atomic E-state index is 5.85. The molecule has 1 aromatic heterocycles. The van der Waals surface area contributed by atoms with E-state index in [1.807, 2.05) is 24.4 Å². The quantitative estimate of drug-likeness (QED) is 0.817. The lowest BCUT2D eigenvalue weighted by atomic mass is 10.1. The van der Waals surface area contributed by atoms with E-state index in [2.05, 4.69) is 16.9 Å². The average Bonchev–Trinajstić information content (AvgIpc) is 2.85. The summed E-state index contributed by atoms with van der Waals surface area (Å²) in [6.07, 6.45) is 2.90. The van der Waals surface area contributed by atoms with E-state index in [9.17, 15) is 0 Å². The molecule has 2 N–H and O–H groups in total. The van der Waals surface area contributed by atoms with Gasteiger partial charge >= 0.3 is 0 Å². The van der Waals surface area contributed by atoms with Gasteiger partial charge in [0.2, 0.25) is 0 Å². The largest absolute Gasteiger partial charge is 0.380 e. The van der Waals surface area contributed by atoms with Crippen LogP contribution in [0.1, 0.15) is 18.2 Å². The zero-order valence-corrected chi connectivity index (χ0v) is 9.67. The smallest absolute Gasteiger partial charge is 0.0645 e. The van der Waals surface area contributed by atoms with E-state index in [1.165, 1.54) is 0 Å². The molecule has 0 aromatic carbocycles. The average molecular weight is 221 g/mol. The highest BCUT2D eigenvalue weighted by molar-refractivity contribution is 5.09. The van der Waals surface area contributed by atoms with Gasteiger partial charge in [-0.3, -0.25) is 9.88 Å². The molecule has 16 heavy (non-hydrogen) atoms. The van der Waals surface area contributed by atoms with E-state index >= 15 is 0 Å². The van der Waals surface area contributed by atoms with Crippen LogP contribution in [-0.4, -0.2) is 42.7 Å². The Labute approximate surface area is 96.4 Å². The van der Waals surface area contributed by atoms with Gasteiger partial charge in [0.25, 0.3) is 0 Å². The second kappa shape index (κ2) is 5.39. The number of ether oxygens (including phenoxy) is 1. The van der Waals surface area contributed by atoms with Gasteiger partial charge in [-0.25, -0.2) is 0 Å². The predicted octanol–water partition coefficient (Wildman–Crippen LogP) is 0.802. The lowest BCUT2D eigenvalue weighted by molar-refractivity contribution is 0.133. The van der Waals surface area contributed by atoms with Crippen molar-refractivity contribution in [1.82, 2.24) is 9.88 Å². The molecule has 2 atom stereocenters. The molecule has 1 aromatic rings. The van der Waals surface area contributed by atoms with Crippen LogP contribution in [0.25, 0.3) is 0 Å². The second-order valence-electron chi connectivity index (χ2n) is 4.19. The van der Waals surface area contributed by atoms with Gasteiger partial charge in [-0.2, -0.15) is 0 Å². The van der Waals surface area contributed by atoms with E-state index in [-0.39, 0.29) is 6.04 Å². The van der Waals surface area contributed by atoms with Gasteiger partial charge in [0, 0.05) is 25.4 Å². The van der Waals surface area contributed by atoms with Crippen molar-refractivity contribution < 1.29 is 4.74 Å². The first kappa shape index (κ1) is 11.5. The number of hydrogen-bond acceptors (Lipinski definition) is 4. The van der Waals surface area contributed by atoms with Gasteiger partial charge in [0.1, 0.15) is 0 Å². The number of nitrogens with zero attached hydrogens (tertiary/aromatic N) is 2. The van der Waals surface area contributed by atoms with Gasteiger partial charge in [-0.1, -0.05) is 6.07 Å². The van der Waals surface area contributed by atoms with Crippen LogP contribution < -0.4 is 5.73 Å². The SMILES string of the molecule is CN(C1CCOC1)C(CN)c1ccccn1. The molecular formula is C12H19N3O. The first-order valence-corrected chi connectivity index (χ1v) is 5.73. The van der Waals surface area contributed by atoms with Gasteiger partial charge in [0.15, 0.2) is 0 Å². The summed E-state index contributed by atoms with van der Waals surface area (Å²) >= 11 is 0. The highest BCUT2D eigenvalue weighted by atomic mass is 16.5. The van der Waals surface area contributed by atoms with Crippen molar-refractivity contribution in [1.29, 1.82) is 0 Å². The van der Waals surface area contributed by atoms with E-state index in [1.54, 1.807) is 0 Å². The molecule has 0 radical (unpaired) electrons. The number of nitrogens with two attached hydrogens (primary N) is 1. The molecule has 0 amide bonds. The van der Waals surface area contributed by atoms with Crippen molar-refractivity contribution in [2.75, 3.05) is 26.8 Å². The zero-order valence-electron chi connectivity index (χ0n) is 9.67. The van der Waals surface area contributed by atoms with Crippen LogP contribution >= 0.6 is 0 Å². The van der Waals surface area contributed by atoms with E-state index in [4.69, 9.17) is 10.5 Å². The van der Waals surface area contributed by atoms with E-state index < -0.39 is 0 Å². The Morgan fingerprint density at radius 2 is 2.50 bits per heavy atom. The summed E-state index contributed by atoms with van der Waals surface area (Å²) in [5.41, 5.74) is 6.89. The Kier molecular flexibility index (Phi) is 3.88. The summed E-state index contributed by atoms with van der Waals surface area (Å²) in [4.78, 5) is 6.67. The van der Waals surface area contributed by atoms with Crippen molar-refractivity contribution in [3.8, 4) is 0 Å². The van der Waals surface area contributed by atoms with Gasteiger partial charge in [-0.15, -0.1) is 0 Å². The molecule has 0 spiro atoms. The van der Waals surface area contributed by atoms with Crippen LogP contribution in [-0.2, 0) is 4.74 Å². The Morgan fingerprint density at radius 3 is 3.06 bits per heavy atom. The van der Waals surface area contributed by atoms with Gasteiger partial charge < -0.3 is 10.5 Å². The molecule has 4 heteroatoms. The first-order valence-electron chi connectivity index (χ1n) is 5.73.